The summed E-state index contributed by atoms with van der Waals surface area (Å²) in [6.07, 6.45) is 0.326. The zero-order chi connectivity index (χ0) is 18.4. The normalized spacial score (nSPS) is 19.4. The molecule has 0 unspecified atom stereocenters. The average Bonchev–Trinajstić information content (AvgIpc) is 2.53. The molecule has 1 atom stereocenters. The molecular weight excluding hydrogens is 318 g/mol. The highest BCUT2D eigenvalue weighted by atomic mass is 16.5. The van der Waals surface area contributed by atoms with Crippen LogP contribution in [0.25, 0.3) is 0 Å². The first-order valence-corrected chi connectivity index (χ1v) is 8.75. The van der Waals surface area contributed by atoms with E-state index in [1.807, 2.05) is 56.0 Å². The van der Waals surface area contributed by atoms with Gasteiger partial charge in [0.05, 0.1) is 11.7 Å². The fraction of sp³-hybridized carbons (Fsp3) is 0.579. The van der Waals surface area contributed by atoms with E-state index in [1.54, 1.807) is 11.9 Å². The molecule has 1 aromatic carbocycles. The van der Waals surface area contributed by atoms with E-state index < -0.39 is 0 Å². The maximum Gasteiger partial charge on any atom is 0.317 e. The van der Waals surface area contributed by atoms with Crippen molar-refractivity contribution in [3.05, 3.63) is 35.9 Å². The molecule has 25 heavy (non-hydrogen) atoms. The van der Waals surface area contributed by atoms with Crippen molar-refractivity contribution in [3.8, 4) is 0 Å². The fourth-order valence-corrected chi connectivity index (χ4v) is 3.14. The second-order valence-corrected chi connectivity index (χ2v) is 7.29. The lowest BCUT2D eigenvalue weighted by molar-refractivity contribution is -0.158. The minimum absolute atomic E-state index is 0.0271. The van der Waals surface area contributed by atoms with Gasteiger partial charge in [-0.05, 0) is 26.3 Å². The first kappa shape index (κ1) is 19.2. The highest BCUT2D eigenvalue weighted by Crippen LogP contribution is 2.21. The summed E-state index contributed by atoms with van der Waals surface area (Å²) in [5.74, 6) is 0.0502. The average molecular weight is 347 g/mol. The van der Waals surface area contributed by atoms with E-state index >= 15 is 0 Å². The summed E-state index contributed by atoms with van der Waals surface area (Å²) < 4.78 is 5.81. The third-order valence-electron chi connectivity index (χ3n) is 4.15. The summed E-state index contributed by atoms with van der Waals surface area (Å²) in [5, 5.41) is 2.81. The highest BCUT2D eigenvalue weighted by Gasteiger charge is 2.33. The van der Waals surface area contributed by atoms with Crippen LogP contribution in [0.3, 0.4) is 0 Å². The lowest BCUT2D eigenvalue weighted by Crippen LogP contribution is -2.54. The van der Waals surface area contributed by atoms with Gasteiger partial charge in [0.1, 0.15) is 0 Å². The van der Waals surface area contributed by atoms with Gasteiger partial charge in [-0.1, -0.05) is 30.3 Å². The molecule has 6 nitrogen and oxygen atoms in total. The Morgan fingerprint density at radius 1 is 1.32 bits per heavy atom. The Hall–Kier alpha value is -2.08. The molecule has 3 amide bonds. The standard InChI is InChI=1S/C19H29N3O3/c1-15-12-22(14-19(2,3)25-15)17(23)10-11-20-18(24)21(4)13-16-8-6-5-7-9-16/h5-9,15H,10-14H2,1-4H3,(H,20,24)/t15-/m0/s1. The number of amides is 3. The van der Waals surface area contributed by atoms with Gasteiger partial charge in [-0.2, -0.15) is 0 Å². The van der Waals surface area contributed by atoms with Crippen LogP contribution in [0.4, 0.5) is 4.79 Å². The van der Waals surface area contributed by atoms with E-state index in [0.29, 0.717) is 32.6 Å². The Balaban J connectivity index is 1.74. The van der Waals surface area contributed by atoms with E-state index in [2.05, 4.69) is 5.32 Å². The number of rotatable bonds is 5. The summed E-state index contributed by atoms with van der Waals surface area (Å²) in [5.41, 5.74) is 0.743. The molecule has 0 bridgehead atoms. The lowest BCUT2D eigenvalue weighted by Gasteiger charge is -2.41. The molecule has 1 N–H and O–H groups in total. The minimum atomic E-state index is -0.327. The Morgan fingerprint density at radius 2 is 2.00 bits per heavy atom. The Bertz CT molecular complexity index is 589. The van der Waals surface area contributed by atoms with Crippen molar-refractivity contribution < 1.29 is 14.3 Å². The molecule has 0 spiro atoms. The van der Waals surface area contributed by atoms with Crippen LogP contribution in [0.15, 0.2) is 30.3 Å². The molecule has 2 rings (SSSR count). The number of urea groups is 1. The topological polar surface area (TPSA) is 61.9 Å². The summed E-state index contributed by atoms with van der Waals surface area (Å²) in [6, 6.07) is 9.63. The van der Waals surface area contributed by atoms with E-state index in [-0.39, 0.29) is 23.6 Å². The van der Waals surface area contributed by atoms with Crippen molar-refractivity contribution in [3.63, 3.8) is 0 Å². The van der Waals surface area contributed by atoms with Crippen LogP contribution in [0.5, 0.6) is 0 Å². The van der Waals surface area contributed by atoms with Gasteiger partial charge in [0.2, 0.25) is 5.91 Å². The number of benzene rings is 1. The molecule has 0 radical (unpaired) electrons. The van der Waals surface area contributed by atoms with Crippen LogP contribution in [-0.2, 0) is 16.1 Å². The SMILES string of the molecule is C[C@H]1CN(C(=O)CCNC(=O)N(C)Cc2ccccc2)CC(C)(C)O1. The van der Waals surface area contributed by atoms with Crippen molar-refractivity contribution in [2.24, 2.45) is 0 Å². The molecule has 0 aromatic heterocycles. The third kappa shape index (κ3) is 6.05. The van der Waals surface area contributed by atoms with Gasteiger partial charge < -0.3 is 19.9 Å². The maximum atomic E-state index is 12.4. The molecule has 0 aliphatic carbocycles. The van der Waals surface area contributed by atoms with Crippen LogP contribution in [0.1, 0.15) is 32.8 Å². The third-order valence-corrected chi connectivity index (χ3v) is 4.15. The van der Waals surface area contributed by atoms with Crippen molar-refractivity contribution in [2.75, 3.05) is 26.7 Å². The zero-order valence-electron chi connectivity index (χ0n) is 15.6. The minimum Gasteiger partial charge on any atom is -0.369 e. The molecule has 1 aromatic rings. The molecule has 0 saturated carbocycles. The van der Waals surface area contributed by atoms with Gasteiger partial charge in [-0.15, -0.1) is 0 Å². The second-order valence-electron chi connectivity index (χ2n) is 7.29. The predicted molar refractivity (Wildman–Crippen MR) is 97.1 cm³/mol. The maximum absolute atomic E-state index is 12.4. The van der Waals surface area contributed by atoms with Gasteiger partial charge >= 0.3 is 6.03 Å². The van der Waals surface area contributed by atoms with Crippen LogP contribution in [0, 0.1) is 0 Å². The smallest absolute Gasteiger partial charge is 0.317 e. The lowest BCUT2D eigenvalue weighted by atomic mass is 10.1. The number of carbonyl (C=O) groups is 2. The molecule has 1 heterocycles. The number of carbonyl (C=O) groups excluding carboxylic acids is 2. The van der Waals surface area contributed by atoms with Crippen LogP contribution >= 0.6 is 0 Å². The number of nitrogens with zero attached hydrogens (tertiary/aromatic N) is 2. The van der Waals surface area contributed by atoms with Gasteiger partial charge in [-0.3, -0.25) is 4.79 Å². The zero-order valence-corrected chi connectivity index (χ0v) is 15.6. The van der Waals surface area contributed by atoms with Gasteiger partial charge in [0.25, 0.3) is 0 Å². The summed E-state index contributed by atoms with van der Waals surface area (Å²) >= 11 is 0. The summed E-state index contributed by atoms with van der Waals surface area (Å²) in [4.78, 5) is 27.9. The number of hydrogen-bond donors (Lipinski definition) is 1. The Kier molecular flexibility index (Phi) is 6.42. The van der Waals surface area contributed by atoms with Gasteiger partial charge in [0, 0.05) is 39.6 Å². The Labute approximate surface area is 150 Å². The fourth-order valence-electron chi connectivity index (χ4n) is 3.14. The largest absolute Gasteiger partial charge is 0.369 e. The van der Waals surface area contributed by atoms with Crippen LogP contribution in [-0.4, -0.2) is 60.1 Å². The monoisotopic (exact) mass is 347 g/mol. The number of nitrogens with one attached hydrogen (secondary N) is 1. The first-order chi connectivity index (χ1) is 11.8. The van der Waals surface area contributed by atoms with Gasteiger partial charge in [0.15, 0.2) is 0 Å². The summed E-state index contributed by atoms with van der Waals surface area (Å²) in [6.45, 7) is 8.01. The number of ether oxygens (including phenoxy) is 1. The predicted octanol–water partition coefficient (Wildman–Crippen LogP) is 2.24. The molecule has 1 aliphatic rings. The molecule has 1 saturated heterocycles. The van der Waals surface area contributed by atoms with E-state index in [1.165, 1.54) is 0 Å². The first-order valence-electron chi connectivity index (χ1n) is 8.75. The molecule has 138 valence electrons. The molecule has 6 heteroatoms. The van der Waals surface area contributed by atoms with E-state index in [0.717, 1.165) is 5.56 Å². The highest BCUT2D eigenvalue weighted by molar-refractivity contribution is 5.78. The Morgan fingerprint density at radius 3 is 2.64 bits per heavy atom. The molecule has 1 fully saturated rings. The molecular formula is C19H29N3O3. The quantitative estimate of drug-likeness (QED) is 0.889. The van der Waals surface area contributed by atoms with Crippen molar-refractivity contribution in [1.29, 1.82) is 0 Å². The van der Waals surface area contributed by atoms with Crippen LogP contribution in [0.2, 0.25) is 0 Å². The van der Waals surface area contributed by atoms with Crippen LogP contribution < -0.4 is 5.32 Å². The number of hydrogen-bond acceptors (Lipinski definition) is 3. The van der Waals surface area contributed by atoms with Gasteiger partial charge in [-0.25, -0.2) is 4.79 Å². The van der Waals surface area contributed by atoms with Crippen molar-refractivity contribution in [1.82, 2.24) is 15.1 Å². The molecule has 1 aliphatic heterocycles. The summed E-state index contributed by atoms with van der Waals surface area (Å²) in [7, 11) is 1.75. The second kappa shape index (κ2) is 8.34. The van der Waals surface area contributed by atoms with E-state index in [4.69, 9.17) is 4.74 Å². The van der Waals surface area contributed by atoms with Crippen molar-refractivity contribution >= 4 is 11.9 Å². The van der Waals surface area contributed by atoms with Crippen molar-refractivity contribution in [2.45, 2.75) is 45.4 Å². The van der Waals surface area contributed by atoms with E-state index in [9.17, 15) is 9.59 Å². The number of morpholine rings is 1.